The zero-order valence-corrected chi connectivity index (χ0v) is 20.0. The molecule has 9 nitrogen and oxygen atoms in total. The zero-order chi connectivity index (χ0) is 24.4. The fraction of sp³-hybridized carbons (Fsp3) is 0.542. The number of carbonyl (C=O) groups is 3. The van der Waals surface area contributed by atoms with Crippen LogP contribution in [-0.2, 0) is 25.6 Å². The highest BCUT2D eigenvalue weighted by Gasteiger charge is 2.39. The van der Waals surface area contributed by atoms with Crippen molar-refractivity contribution in [3.63, 3.8) is 0 Å². The summed E-state index contributed by atoms with van der Waals surface area (Å²) in [5, 5.41) is 4.24. The Kier molecular flexibility index (Phi) is 9.72. The topological polar surface area (TPSA) is 106 Å². The van der Waals surface area contributed by atoms with Crippen molar-refractivity contribution in [2.45, 2.75) is 64.8 Å². The van der Waals surface area contributed by atoms with E-state index in [0.717, 1.165) is 23.5 Å². The molecule has 1 heterocycles. The van der Waals surface area contributed by atoms with E-state index in [1.807, 2.05) is 31.2 Å². The smallest absolute Gasteiger partial charge is 0.429 e. The number of hydrogen-bond donors (Lipinski definition) is 2. The van der Waals surface area contributed by atoms with Gasteiger partial charge in [0.2, 0.25) is 0 Å². The molecule has 1 aromatic rings. The van der Waals surface area contributed by atoms with Crippen molar-refractivity contribution in [3.8, 4) is 0 Å². The minimum absolute atomic E-state index is 0.0264. The molecule has 0 bridgehead atoms. The van der Waals surface area contributed by atoms with Gasteiger partial charge in [-0.05, 0) is 51.6 Å². The third kappa shape index (κ3) is 8.76. The van der Waals surface area contributed by atoms with Crippen LogP contribution in [0.5, 0.6) is 0 Å². The third-order valence-corrected chi connectivity index (χ3v) is 4.98. The molecule has 1 unspecified atom stereocenters. The van der Waals surface area contributed by atoms with Crippen LogP contribution in [0.15, 0.2) is 42.5 Å². The van der Waals surface area contributed by atoms with Crippen LogP contribution in [0.3, 0.4) is 0 Å². The lowest BCUT2D eigenvalue weighted by atomic mass is 9.92. The lowest BCUT2D eigenvalue weighted by Gasteiger charge is -2.34. The maximum Gasteiger partial charge on any atom is 0.429 e. The van der Waals surface area contributed by atoms with Gasteiger partial charge in [-0.25, -0.2) is 24.8 Å². The van der Waals surface area contributed by atoms with E-state index in [0.29, 0.717) is 6.42 Å². The molecular formula is C24H35N3O6. The van der Waals surface area contributed by atoms with Crippen molar-refractivity contribution in [2.75, 3.05) is 13.7 Å². The number of hydrazine groups is 1. The van der Waals surface area contributed by atoms with E-state index in [1.165, 1.54) is 7.11 Å². The van der Waals surface area contributed by atoms with Crippen molar-refractivity contribution in [1.82, 2.24) is 15.8 Å². The predicted molar refractivity (Wildman–Crippen MR) is 123 cm³/mol. The summed E-state index contributed by atoms with van der Waals surface area (Å²) in [5.74, 6) is -1.05. The quantitative estimate of drug-likeness (QED) is 0.277. The summed E-state index contributed by atoms with van der Waals surface area (Å²) in [5.41, 5.74) is 2.37. The lowest BCUT2D eigenvalue weighted by Crippen LogP contribution is -2.58. The highest BCUT2D eigenvalue weighted by atomic mass is 16.6. The zero-order valence-electron chi connectivity index (χ0n) is 20.0. The molecule has 0 aliphatic carbocycles. The fourth-order valence-corrected chi connectivity index (χ4v) is 3.50. The molecule has 0 spiro atoms. The SMILES string of the molecule is COC(=O)[C@@H]([C@H](C)CC1C=CCCN1)N(NC(=O)OC(C)(C)C)C(=O)OCc1ccccc1. The first-order valence-electron chi connectivity index (χ1n) is 11.1. The van der Waals surface area contributed by atoms with Crippen LogP contribution in [-0.4, -0.2) is 54.5 Å². The van der Waals surface area contributed by atoms with Gasteiger partial charge in [0.05, 0.1) is 7.11 Å². The lowest BCUT2D eigenvalue weighted by molar-refractivity contribution is -0.149. The summed E-state index contributed by atoms with van der Waals surface area (Å²) in [6, 6.07) is 8.02. The van der Waals surface area contributed by atoms with E-state index in [4.69, 9.17) is 14.2 Å². The number of esters is 1. The van der Waals surface area contributed by atoms with E-state index in [-0.39, 0.29) is 18.6 Å². The Balaban J connectivity index is 2.25. The number of carbonyl (C=O) groups excluding carboxylic acids is 3. The Hall–Kier alpha value is -3.07. The number of methoxy groups -OCH3 is 1. The van der Waals surface area contributed by atoms with Crippen LogP contribution in [0.25, 0.3) is 0 Å². The monoisotopic (exact) mass is 461 g/mol. The van der Waals surface area contributed by atoms with Crippen molar-refractivity contribution in [2.24, 2.45) is 5.92 Å². The Morgan fingerprint density at radius 1 is 1.21 bits per heavy atom. The number of amides is 2. The molecule has 0 aromatic heterocycles. The summed E-state index contributed by atoms with van der Waals surface area (Å²) in [6.45, 7) is 7.72. The van der Waals surface area contributed by atoms with Gasteiger partial charge in [-0.1, -0.05) is 49.4 Å². The van der Waals surface area contributed by atoms with Gasteiger partial charge >= 0.3 is 18.2 Å². The van der Waals surface area contributed by atoms with E-state index in [2.05, 4.69) is 16.8 Å². The Labute approximate surface area is 195 Å². The molecule has 1 aromatic carbocycles. The van der Waals surface area contributed by atoms with Gasteiger partial charge in [0.1, 0.15) is 12.2 Å². The summed E-state index contributed by atoms with van der Waals surface area (Å²) in [4.78, 5) is 38.4. The van der Waals surface area contributed by atoms with Crippen LogP contribution in [0.4, 0.5) is 9.59 Å². The third-order valence-electron chi connectivity index (χ3n) is 4.98. The fourth-order valence-electron chi connectivity index (χ4n) is 3.50. The molecule has 1 aliphatic heterocycles. The van der Waals surface area contributed by atoms with E-state index >= 15 is 0 Å². The minimum Gasteiger partial charge on any atom is -0.467 e. The van der Waals surface area contributed by atoms with Gasteiger partial charge < -0.3 is 19.5 Å². The van der Waals surface area contributed by atoms with Crippen LogP contribution in [0.1, 0.15) is 46.1 Å². The van der Waals surface area contributed by atoms with Gasteiger partial charge in [0, 0.05) is 6.04 Å². The predicted octanol–water partition coefficient (Wildman–Crippen LogP) is 3.55. The largest absolute Gasteiger partial charge is 0.467 e. The van der Waals surface area contributed by atoms with Crippen molar-refractivity contribution < 1.29 is 28.6 Å². The average molecular weight is 462 g/mol. The van der Waals surface area contributed by atoms with Gasteiger partial charge in [-0.15, -0.1) is 0 Å². The average Bonchev–Trinajstić information content (AvgIpc) is 2.77. The second kappa shape index (κ2) is 12.2. The molecule has 0 saturated heterocycles. The van der Waals surface area contributed by atoms with Crippen molar-refractivity contribution >= 4 is 18.2 Å². The molecule has 2 amide bonds. The van der Waals surface area contributed by atoms with Gasteiger partial charge in [0.15, 0.2) is 6.04 Å². The van der Waals surface area contributed by atoms with Crippen LogP contribution >= 0.6 is 0 Å². The number of rotatable bonds is 7. The molecule has 2 N–H and O–H groups in total. The number of benzene rings is 1. The normalized spacial score (nSPS) is 17.4. The summed E-state index contributed by atoms with van der Waals surface area (Å²) in [7, 11) is 1.24. The van der Waals surface area contributed by atoms with Crippen LogP contribution < -0.4 is 10.7 Å². The Morgan fingerprint density at radius 2 is 1.91 bits per heavy atom. The molecule has 3 atom stereocenters. The standard InChI is InChI=1S/C24H35N3O6/c1-17(15-19-13-9-10-14-25-19)20(21(28)31-5)27(26-22(29)33-24(2,3)4)23(30)32-16-18-11-7-6-8-12-18/h6-9,11-13,17,19-20,25H,10,14-16H2,1-5H3,(H,26,29)/t17-,19?,20-/m1/s1. The molecule has 1 aliphatic rings. The van der Waals surface area contributed by atoms with Gasteiger partial charge in [0.25, 0.3) is 0 Å². The second-order valence-corrected chi connectivity index (χ2v) is 8.98. The van der Waals surface area contributed by atoms with E-state index < -0.39 is 29.8 Å². The first-order chi connectivity index (χ1) is 15.6. The molecule has 0 fully saturated rings. The second-order valence-electron chi connectivity index (χ2n) is 8.98. The summed E-state index contributed by atoms with van der Waals surface area (Å²) >= 11 is 0. The number of ether oxygens (including phenoxy) is 3. The molecule has 0 radical (unpaired) electrons. The molecule has 2 rings (SSSR count). The first kappa shape index (κ1) is 26.2. The van der Waals surface area contributed by atoms with Gasteiger partial charge in [-0.2, -0.15) is 0 Å². The Morgan fingerprint density at radius 3 is 2.48 bits per heavy atom. The van der Waals surface area contributed by atoms with E-state index in [9.17, 15) is 14.4 Å². The summed E-state index contributed by atoms with van der Waals surface area (Å²) in [6.07, 6.45) is 3.81. The minimum atomic E-state index is -1.12. The maximum atomic E-state index is 13.1. The van der Waals surface area contributed by atoms with Gasteiger partial charge in [-0.3, -0.25) is 0 Å². The van der Waals surface area contributed by atoms with Crippen molar-refractivity contribution in [3.05, 3.63) is 48.0 Å². The highest BCUT2D eigenvalue weighted by Crippen LogP contribution is 2.21. The van der Waals surface area contributed by atoms with Crippen molar-refractivity contribution in [1.29, 1.82) is 0 Å². The molecular weight excluding hydrogens is 426 g/mol. The number of nitrogens with zero attached hydrogens (tertiary/aromatic N) is 1. The van der Waals surface area contributed by atoms with Crippen LogP contribution in [0.2, 0.25) is 0 Å². The molecule has 0 saturated carbocycles. The van der Waals surface area contributed by atoms with Crippen LogP contribution in [0, 0.1) is 5.92 Å². The highest BCUT2D eigenvalue weighted by molar-refractivity contribution is 5.83. The summed E-state index contributed by atoms with van der Waals surface area (Å²) < 4.78 is 15.7. The molecule has 33 heavy (non-hydrogen) atoms. The molecule has 9 heteroatoms. The maximum absolute atomic E-state index is 13.1. The Bertz CT molecular complexity index is 821. The van der Waals surface area contributed by atoms with E-state index in [1.54, 1.807) is 32.9 Å². The molecule has 182 valence electrons. The number of nitrogens with one attached hydrogen (secondary N) is 2. The number of hydrogen-bond acceptors (Lipinski definition) is 7. The first-order valence-corrected chi connectivity index (χ1v) is 11.1.